The maximum absolute atomic E-state index is 13.1. The Bertz CT molecular complexity index is 1320. The fourth-order valence-corrected chi connectivity index (χ4v) is 4.52. The highest BCUT2D eigenvalue weighted by atomic mass is 35.5. The average Bonchev–Trinajstić information content (AvgIpc) is 3.47. The van der Waals surface area contributed by atoms with Gasteiger partial charge in [-0.1, -0.05) is 23.7 Å². The maximum atomic E-state index is 13.1. The molecule has 0 bridgehead atoms. The van der Waals surface area contributed by atoms with Gasteiger partial charge in [0.25, 0.3) is 5.56 Å². The molecule has 9 heteroatoms. The Hall–Kier alpha value is -3.52. The number of H-pyrrole nitrogens is 1. The number of hydrogen-bond donors (Lipinski definition) is 1. The standard InChI is InChI=1S/C23H22ClN5O3/c1-31-14-9-10-15(20(12-14)32-2)18-8-5-11-28(18)19-13-25-29(22(30)21(19)24)23-26-16-6-3-4-7-17(16)27-23/h3-4,6-7,9-10,12-13,18H,5,8,11H2,1-2H3,(H,26,27)/t18-/m1/s1. The molecule has 164 valence electrons. The molecule has 1 aliphatic heterocycles. The van der Waals surface area contributed by atoms with Gasteiger partial charge in [0.2, 0.25) is 5.95 Å². The Morgan fingerprint density at radius 1 is 1.16 bits per heavy atom. The third-order valence-electron chi connectivity index (χ3n) is 5.84. The normalized spacial score (nSPS) is 16.0. The van der Waals surface area contributed by atoms with E-state index in [2.05, 4.69) is 20.0 Å². The van der Waals surface area contributed by atoms with Gasteiger partial charge in [-0.3, -0.25) is 4.79 Å². The summed E-state index contributed by atoms with van der Waals surface area (Å²) in [5.41, 5.74) is 2.77. The number of anilines is 1. The molecule has 0 aliphatic carbocycles. The molecule has 1 atom stereocenters. The van der Waals surface area contributed by atoms with Gasteiger partial charge in [-0.05, 0) is 37.1 Å². The lowest BCUT2D eigenvalue weighted by atomic mass is 10.0. The zero-order valence-electron chi connectivity index (χ0n) is 17.7. The molecule has 2 aromatic carbocycles. The number of halogens is 1. The third kappa shape index (κ3) is 3.36. The van der Waals surface area contributed by atoms with Crippen LogP contribution in [0.4, 0.5) is 5.69 Å². The van der Waals surface area contributed by atoms with Gasteiger partial charge in [0, 0.05) is 18.2 Å². The number of benzene rings is 2. The van der Waals surface area contributed by atoms with Crippen molar-refractivity contribution in [2.24, 2.45) is 0 Å². The number of methoxy groups -OCH3 is 2. The molecule has 8 nitrogen and oxygen atoms in total. The molecule has 1 aliphatic rings. The van der Waals surface area contributed by atoms with Crippen molar-refractivity contribution in [3.63, 3.8) is 0 Å². The second-order valence-electron chi connectivity index (χ2n) is 7.60. The zero-order valence-corrected chi connectivity index (χ0v) is 18.5. The summed E-state index contributed by atoms with van der Waals surface area (Å²) in [6, 6.07) is 13.3. The van der Waals surface area contributed by atoms with Crippen molar-refractivity contribution >= 4 is 28.3 Å². The van der Waals surface area contributed by atoms with Gasteiger partial charge in [-0.2, -0.15) is 9.78 Å². The summed E-state index contributed by atoms with van der Waals surface area (Å²) in [6.07, 6.45) is 3.50. The number of ether oxygens (including phenoxy) is 2. The van der Waals surface area contributed by atoms with Crippen LogP contribution in [0.2, 0.25) is 5.02 Å². The molecule has 0 spiro atoms. The number of para-hydroxylation sites is 2. The van der Waals surface area contributed by atoms with Gasteiger partial charge >= 0.3 is 0 Å². The van der Waals surface area contributed by atoms with E-state index in [1.807, 2.05) is 42.5 Å². The predicted octanol–water partition coefficient (Wildman–Crippen LogP) is 4.12. The van der Waals surface area contributed by atoms with Crippen LogP contribution in [0, 0.1) is 0 Å². The van der Waals surface area contributed by atoms with Crippen LogP contribution in [0.3, 0.4) is 0 Å². The summed E-state index contributed by atoms with van der Waals surface area (Å²) in [6.45, 7) is 0.759. The summed E-state index contributed by atoms with van der Waals surface area (Å²) >= 11 is 6.59. The number of fused-ring (bicyclic) bond motifs is 1. The van der Waals surface area contributed by atoms with Crippen LogP contribution >= 0.6 is 11.6 Å². The molecule has 5 rings (SSSR count). The van der Waals surface area contributed by atoms with Crippen molar-refractivity contribution in [3.05, 3.63) is 69.6 Å². The number of imidazole rings is 1. The van der Waals surface area contributed by atoms with Crippen LogP contribution in [0.15, 0.2) is 53.5 Å². The largest absolute Gasteiger partial charge is 0.497 e. The number of hydrogen-bond acceptors (Lipinski definition) is 6. The molecule has 32 heavy (non-hydrogen) atoms. The van der Waals surface area contributed by atoms with Crippen molar-refractivity contribution in [1.29, 1.82) is 0 Å². The summed E-state index contributed by atoms with van der Waals surface area (Å²) in [4.78, 5) is 22.8. The van der Waals surface area contributed by atoms with E-state index in [1.54, 1.807) is 20.4 Å². The second-order valence-corrected chi connectivity index (χ2v) is 7.98. The highest BCUT2D eigenvalue weighted by Crippen LogP contribution is 2.42. The fourth-order valence-electron chi connectivity index (χ4n) is 4.29. The topological polar surface area (TPSA) is 85.3 Å². The molecule has 0 saturated carbocycles. The Morgan fingerprint density at radius 2 is 2.00 bits per heavy atom. The molecule has 0 radical (unpaired) electrons. The monoisotopic (exact) mass is 451 g/mol. The number of aromatic amines is 1. The van der Waals surface area contributed by atoms with E-state index in [-0.39, 0.29) is 11.1 Å². The number of nitrogens with zero attached hydrogens (tertiary/aromatic N) is 4. The first-order chi connectivity index (χ1) is 15.6. The zero-order chi connectivity index (χ0) is 22.2. The molecule has 0 unspecified atom stereocenters. The molecule has 1 saturated heterocycles. The van der Waals surface area contributed by atoms with Gasteiger partial charge in [0.15, 0.2) is 0 Å². The molecule has 2 aromatic heterocycles. The minimum absolute atomic E-state index is 0.0107. The summed E-state index contributed by atoms with van der Waals surface area (Å²) < 4.78 is 12.1. The third-order valence-corrected chi connectivity index (χ3v) is 6.20. The number of nitrogens with one attached hydrogen (secondary N) is 1. The Kier molecular flexibility index (Phi) is 5.22. The molecule has 1 N–H and O–H groups in total. The average molecular weight is 452 g/mol. The first-order valence-electron chi connectivity index (χ1n) is 10.3. The lowest BCUT2D eigenvalue weighted by Crippen LogP contribution is -2.29. The van der Waals surface area contributed by atoms with Crippen molar-refractivity contribution in [2.45, 2.75) is 18.9 Å². The van der Waals surface area contributed by atoms with Crippen molar-refractivity contribution in [3.8, 4) is 17.4 Å². The van der Waals surface area contributed by atoms with Gasteiger partial charge in [0.1, 0.15) is 16.5 Å². The van der Waals surface area contributed by atoms with Crippen molar-refractivity contribution < 1.29 is 9.47 Å². The number of aromatic nitrogens is 4. The van der Waals surface area contributed by atoms with Gasteiger partial charge in [-0.15, -0.1) is 0 Å². The predicted molar refractivity (Wildman–Crippen MR) is 123 cm³/mol. The highest BCUT2D eigenvalue weighted by Gasteiger charge is 2.31. The van der Waals surface area contributed by atoms with E-state index in [0.717, 1.165) is 47.5 Å². The summed E-state index contributed by atoms with van der Waals surface area (Å²) in [7, 11) is 3.26. The molecule has 3 heterocycles. The summed E-state index contributed by atoms with van der Waals surface area (Å²) in [5, 5.41) is 4.49. The van der Waals surface area contributed by atoms with E-state index in [1.165, 1.54) is 4.68 Å². The van der Waals surface area contributed by atoms with E-state index >= 15 is 0 Å². The first kappa shape index (κ1) is 20.4. The maximum Gasteiger partial charge on any atom is 0.295 e. The van der Waals surface area contributed by atoms with Gasteiger partial charge < -0.3 is 19.4 Å². The minimum Gasteiger partial charge on any atom is -0.497 e. The Balaban J connectivity index is 1.53. The van der Waals surface area contributed by atoms with E-state index in [4.69, 9.17) is 21.1 Å². The van der Waals surface area contributed by atoms with Crippen LogP contribution in [0.5, 0.6) is 11.5 Å². The van der Waals surface area contributed by atoms with Crippen LogP contribution in [0.25, 0.3) is 17.0 Å². The van der Waals surface area contributed by atoms with Gasteiger partial charge in [-0.25, -0.2) is 4.98 Å². The quantitative estimate of drug-likeness (QED) is 0.491. The summed E-state index contributed by atoms with van der Waals surface area (Å²) in [5.74, 6) is 1.80. The van der Waals surface area contributed by atoms with Crippen LogP contribution in [-0.2, 0) is 0 Å². The molecule has 4 aromatic rings. The molecule has 0 amide bonds. The van der Waals surface area contributed by atoms with Crippen molar-refractivity contribution in [2.75, 3.05) is 25.7 Å². The molecular formula is C23H22ClN5O3. The van der Waals surface area contributed by atoms with E-state index < -0.39 is 5.56 Å². The van der Waals surface area contributed by atoms with Crippen molar-refractivity contribution in [1.82, 2.24) is 19.7 Å². The van der Waals surface area contributed by atoms with Gasteiger partial charge in [0.05, 0.1) is 43.2 Å². The van der Waals surface area contributed by atoms with E-state index in [9.17, 15) is 4.79 Å². The SMILES string of the molecule is COc1ccc([C@H]2CCCN2c2cnn(-c3nc4ccccc4[nH]3)c(=O)c2Cl)c(OC)c1. The smallest absolute Gasteiger partial charge is 0.295 e. The van der Waals surface area contributed by atoms with Crippen LogP contribution < -0.4 is 19.9 Å². The molecule has 1 fully saturated rings. The number of rotatable bonds is 5. The second kappa shape index (κ2) is 8.20. The molecular weight excluding hydrogens is 430 g/mol. The highest BCUT2D eigenvalue weighted by molar-refractivity contribution is 6.33. The van der Waals surface area contributed by atoms with E-state index in [0.29, 0.717) is 11.6 Å². The Morgan fingerprint density at radius 3 is 2.78 bits per heavy atom. The first-order valence-corrected chi connectivity index (χ1v) is 10.7. The minimum atomic E-state index is -0.421. The van der Waals surface area contributed by atoms with Crippen LogP contribution in [0.1, 0.15) is 24.4 Å². The lowest BCUT2D eigenvalue weighted by Gasteiger charge is -2.28. The lowest BCUT2D eigenvalue weighted by molar-refractivity contribution is 0.388. The van der Waals surface area contributed by atoms with Crippen LogP contribution in [-0.4, -0.2) is 40.5 Å². The Labute approximate surface area is 189 Å². The fraction of sp³-hybridized carbons (Fsp3) is 0.261.